The van der Waals surface area contributed by atoms with Gasteiger partial charge in [0.05, 0.1) is 12.3 Å². The molecule has 1 amide bonds. The highest BCUT2D eigenvalue weighted by Gasteiger charge is 2.15. The van der Waals surface area contributed by atoms with E-state index in [1.807, 2.05) is 6.92 Å². The van der Waals surface area contributed by atoms with Crippen LogP contribution in [0, 0.1) is 6.92 Å². The molecule has 0 fully saturated rings. The minimum Gasteiger partial charge on any atom is -0.486 e. The zero-order valence-electron chi connectivity index (χ0n) is 14.3. The lowest BCUT2D eigenvalue weighted by Gasteiger charge is -2.05. The van der Waals surface area contributed by atoms with Gasteiger partial charge in [-0.05, 0) is 31.2 Å². The Balaban J connectivity index is 1.80. The second kappa shape index (κ2) is 10.4. The van der Waals surface area contributed by atoms with Crippen molar-refractivity contribution in [2.75, 3.05) is 33.4 Å². The summed E-state index contributed by atoms with van der Waals surface area (Å²) in [5.41, 5.74) is 0.713. The second-order valence-corrected chi connectivity index (χ2v) is 6.78. The van der Waals surface area contributed by atoms with Crippen molar-refractivity contribution in [3.05, 3.63) is 44.9 Å². The van der Waals surface area contributed by atoms with Gasteiger partial charge in [0, 0.05) is 31.8 Å². The number of hydrogen-bond acceptors (Lipinski definition) is 6. The normalized spacial score (nSPS) is 10.7. The van der Waals surface area contributed by atoms with Gasteiger partial charge in [0.15, 0.2) is 0 Å². The average Bonchev–Trinajstić information content (AvgIpc) is 2.98. The van der Waals surface area contributed by atoms with Crippen LogP contribution in [-0.4, -0.2) is 44.2 Å². The van der Waals surface area contributed by atoms with E-state index in [0.29, 0.717) is 47.6 Å². The average molecular weight is 384 g/mol. The van der Waals surface area contributed by atoms with Gasteiger partial charge in [-0.3, -0.25) is 4.79 Å². The largest absolute Gasteiger partial charge is 0.486 e. The summed E-state index contributed by atoms with van der Waals surface area (Å²) in [6.07, 6.45) is 0. The van der Waals surface area contributed by atoms with Crippen molar-refractivity contribution >= 4 is 28.8 Å². The molecule has 25 heavy (non-hydrogen) atoms. The Kier molecular flexibility index (Phi) is 8.14. The number of carbonyl (C=O) groups excluding carboxylic acids is 1. The Morgan fingerprint density at radius 3 is 2.72 bits per heavy atom. The molecule has 0 saturated heterocycles. The first-order chi connectivity index (χ1) is 12.1. The predicted octanol–water partition coefficient (Wildman–Crippen LogP) is 2.65. The number of thiazole rings is 1. The van der Waals surface area contributed by atoms with E-state index in [1.165, 1.54) is 11.3 Å². The molecular weight excluding hydrogens is 362 g/mol. The van der Waals surface area contributed by atoms with E-state index in [-0.39, 0.29) is 5.91 Å². The molecule has 2 N–H and O–H groups in total. The van der Waals surface area contributed by atoms with Crippen molar-refractivity contribution in [3.63, 3.8) is 0 Å². The first-order valence-corrected chi connectivity index (χ1v) is 9.12. The summed E-state index contributed by atoms with van der Waals surface area (Å²) in [7, 11) is 1.66. The van der Waals surface area contributed by atoms with Crippen molar-refractivity contribution in [2.45, 2.75) is 13.5 Å². The summed E-state index contributed by atoms with van der Waals surface area (Å²) in [6.45, 7) is 4.81. The Hall–Kier alpha value is -1.67. The van der Waals surface area contributed by atoms with Gasteiger partial charge in [0.2, 0.25) is 0 Å². The Labute approximate surface area is 156 Å². The summed E-state index contributed by atoms with van der Waals surface area (Å²) in [4.78, 5) is 17.3. The summed E-state index contributed by atoms with van der Waals surface area (Å²) in [5.74, 6) is 0.603. The monoisotopic (exact) mass is 383 g/mol. The molecule has 0 saturated carbocycles. The molecule has 2 aromatic rings. The molecule has 0 atom stereocenters. The lowest BCUT2D eigenvalue weighted by molar-refractivity contribution is 0.0957. The fourth-order valence-corrected chi connectivity index (χ4v) is 3.06. The van der Waals surface area contributed by atoms with Crippen molar-refractivity contribution in [2.24, 2.45) is 0 Å². The van der Waals surface area contributed by atoms with Gasteiger partial charge < -0.3 is 20.1 Å². The number of nitrogens with zero attached hydrogens (tertiary/aromatic N) is 1. The number of rotatable bonds is 10. The van der Waals surface area contributed by atoms with Crippen molar-refractivity contribution in [1.29, 1.82) is 0 Å². The maximum Gasteiger partial charge on any atom is 0.263 e. The van der Waals surface area contributed by atoms with Crippen LogP contribution >= 0.6 is 22.9 Å². The molecule has 0 unspecified atom stereocenters. The Bertz CT molecular complexity index is 676. The molecule has 1 aromatic heterocycles. The van der Waals surface area contributed by atoms with Gasteiger partial charge in [-0.2, -0.15) is 0 Å². The lowest BCUT2D eigenvalue weighted by Crippen LogP contribution is -2.33. The summed E-state index contributed by atoms with van der Waals surface area (Å²) in [6, 6.07) is 7.13. The summed E-state index contributed by atoms with van der Waals surface area (Å²) < 4.78 is 10.6. The maximum atomic E-state index is 12.2. The van der Waals surface area contributed by atoms with Crippen LogP contribution in [0.4, 0.5) is 0 Å². The van der Waals surface area contributed by atoms with Gasteiger partial charge >= 0.3 is 0 Å². The van der Waals surface area contributed by atoms with Gasteiger partial charge in [-0.25, -0.2) is 4.98 Å². The van der Waals surface area contributed by atoms with Crippen molar-refractivity contribution in [3.8, 4) is 5.75 Å². The van der Waals surface area contributed by atoms with Crippen LogP contribution in [0.5, 0.6) is 5.75 Å². The number of aromatic nitrogens is 1. The van der Waals surface area contributed by atoms with E-state index in [4.69, 9.17) is 21.1 Å². The number of benzene rings is 1. The van der Waals surface area contributed by atoms with E-state index >= 15 is 0 Å². The smallest absolute Gasteiger partial charge is 0.263 e. The molecule has 0 spiro atoms. The van der Waals surface area contributed by atoms with Gasteiger partial charge in [0.25, 0.3) is 5.91 Å². The lowest BCUT2D eigenvalue weighted by atomic mass is 10.3. The van der Waals surface area contributed by atoms with Crippen molar-refractivity contribution < 1.29 is 14.3 Å². The standard InChI is InChI=1S/C17H22ClN3O3S/c1-12-16(17(22)20-8-7-19-9-10-23-2)25-15(21-12)11-24-14-5-3-13(18)4-6-14/h3-6,19H,7-11H2,1-2H3,(H,20,22). The molecular formula is C17H22ClN3O3S. The number of nitrogens with one attached hydrogen (secondary N) is 2. The number of carbonyl (C=O) groups is 1. The van der Waals surface area contributed by atoms with Crippen LogP contribution in [0.3, 0.4) is 0 Å². The fraction of sp³-hybridized carbons (Fsp3) is 0.412. The maximum absolute atomic E-state index is 12.2. The van der Waals surface area contributed by atoms with E-state index < -0.39 is 0 Å². The number of ether oxygens (including phenoxy) is 2. The highest BCUT2D eigenvalue weighted by Crippen LogP contribution is 2.21. The number of hydrogen-bond donors (Lipinski definition) is 2. The van der Waals surface area contributed by atoms with Crippen LogP contribution < -0.4 is 15.4 Å². The number of amides is 1. The van der Waals surface area contributed by atoms with Crippen LogP contribution in [0.1, 0.15) is 20.4 Å². The van der Waals surface area contributed by atoms with E-state index in [1.54, 1.807) is 31.4 Å². The zero-order valence-corrected chi connectivity index (χ0v) is 15.9. The second-order valence-electron chi connectivity index (χ2n) is 5.26. The zero-order chi connectivity index (χ0) is 18.1. The number of halogens is 1. The van der Waals surface area contributed by atoms with E-state index in [9.17, 15) is 4.79 Å². The molecule has 0 aliphatic heterocycles. The van der Waals surface area contributed by atoms with E-state index in [0.717, 1.165) is 11.6 Å². The number of methoxy groups -OCH3 is 1. The molecule has 0 radical (unpaired) electrons. The van der Waals surface area contributed by atoms with Crippen LogP contribution in [-0.2, 0) is 11.3 Å². The molecule has 136 valence electrons. The summed E-state index contributed by atoms with van der Waals surface area (Å²) >= 11 is 7.19. The first-order valence-electron chi connectivity index (χ1n) is 7.92. The highest BCUT2D eigenvalue weighted by atomic mass is 35.5. The molecule has 8 heteroatoms. The molecule has 1 aromatic carbocycles. The highest BCUT2D eigenvalue weighted by molar-refractivity contribution is 7.13. The SMILES string of the molecule is COCCNCCNC(=O)c1sc(COc2ccc(Cl)cc2)nc1C. The van der Waals surface area contributed by atoms with Gasteiger partial charge in [-0.15, -0.1) is 11.3 Å². The first kappa shape index (κ1) is 19.7. The Morgan fingerprint density at radius 1 is 1.24 bits per heavy atom. The van der Waals surface area contributed by atoms with Crippen molar-refractivity contribution in [1.82, 2.24) is 15.6 Å². The molecule has 2 rings (SSSR count). The van der Waals surface area contributed by atoms with E-state index in [2.05, 4.69) is 15.6 Å². The number of aryl methyl sites for hydroxylation is 1. The van der Waals surface area contributed by atoms with Gasteiger partial charge in [0.1, 0.15) is 22.2 Å². The molecule has 0 bridgehead atoms. The van der Waals surface area contributed by atoms with Crippen LogP contribution in [0.25, 0.3) is 0 Å². The molecule has 0 aliphatic rings. The minimum atomic E-state index is -0.110. The third-order valence-corrected chi connectivity index (χ3v) is 4.68. The quantitative estimate of drug-likeness (QED) is 0.617. The Morgan fingerprint density at radius 2 is 2.00 bits per heavy atom. The minimum absolute atomic E-state index is 0.110. The third kappa shape index (κ3) is 6.62. The summed E-state index contributed by atoms with van der Waals surface area (Å²) in [5, 5.41) is 7.48. The fourth-order valence-electron chi connectivity index (χ4n) is 2.04. The van der Waals surface area contributed by atoms with Crippen LogP contribution in [0.15, 0.2) is 24.3 Å². The molecule has 0 aliphatic carbocycles. The van der Waals surface area contributed by atoms with Crippen LogP contribution in [0.2, 0.25) is 5.02 Å². The topological polar surface area (TPSA) is 72.5 Å². The van der Waals surface area contributed by atoms with Gasteiger partial charge in [-0.1, -0.05) is 11.6 Å². The third-order valence-electron chi connectivity index (χ3n) is 3.29. The molecule has 1 heterocycles. The molecule has 6 nitrogen and oxygen atoms in total. The predicted molar refractivity (Wildman–Crippen MR) is 99.7 cm³/mol.